The maximum Gasteiger partial charge on any atom is 0.308 e. The Morgan fingerprint density at radius 1 is 0.149 bits per heavy atom. The first-order valence-electron chi connectivity index (χ1n) is 28.6. The summed E-state index contributed by atoms with van der Waals surface area (Å²) < 4.78 is 112. The summed E-state index contributed by atoms with van der Waals surface area (Å²) in [7, 11) is 0. The van der Waals surface area contributed by atoms with Gasteiger partial charge >= 0.3 is 89.5 Å². The number of carbonyl (C=O) groups excluding carboxylic acids is 15. The van der Waals surface area contributed by atoms with Gasteiger partial charge in [-0.2, -0.15) is 0 Å². The highest BCUT2D eigenvalue weighted by Crippen LogP contribution is 2.58. The van der Waals surface area contributed by atoms with Crippen molar-refractivity contribution in [1.82, 2.24) is 0 Å². The Labute approximate surface area is 568 Å². The van der Waals surface area contributed by atoms with Crippen LogP contribution < -0.4 is 94.7 Å². The molecule has 0 amide bonds. The molecule has 0 bridgehead atoms. The average Bonchev–Trinajstić information content (AvgIpc) is 0.771. The molecule has 530 valence electrons. The monoisotopic (exact) mass is 1410 g/mol. The molecule has 0 atom stereocenters. The van der Waals surface area contributed by atoms with Gasteiger partial charge in [0.2, 0.25) is 46.0 Å². The van der Waals surface area contributed by atoms with Crippen molar-refractivity contribution in [1.29, 1.82) is 0 Å². The van der Waals surface area contributed by atoms with Crippen LogP contribution in [0.2, 0.25) is 0 Å². The minimum atomic E-state index is -1.22. The van der Waals surface area contributed by atoms with Gasteiger partial charge in [-0.25, -0.2) is 0 Å². The van der Waals surface area contributed by atoms with Gasteiger partial charge in [0.05, 0.1) is 0 Å². The maximum absolute atomic E-state index is 13.2. The van der Waals surface area contributed by atoms with Crippen LogP contribution in [0.5, 0.6) is 144 Å². The number of ether oxygens (including phenoxy) is 20. The number of esters is 15. The summed E-state index contributed by atoms with van der Waals surface area (Å²) in [5.41, 5.74) is 0. The predicted octanol–water partition coefficient (Wildman–Crippen LogP) is 9.53. The van der Waals surface area contributed by atoms with Gasteiger partial charge in [0.1, 0.15) is 28.7 Å². The van der Waals surface area contributed by atoms with Gasteiger partial charge in [0.25, 0.3) is 0 Å². The van der Waals surface area contributed by atoms with Crippen LogP contribution >= 0.6 is 0 Å². The second-order valence-electron chi connectivity index (χ2n) is 20.0. The van der Waals surface area contributed by atoms with Gasteiger partial charge in [-0.1, -0.05) is 0 Å². The molecule has 35 nitrogen and oxygen atoms in total. The van der Waals surface area contributed by atoms with Crippen molar-refractivity contribution in [2.75, 3.05) is 0 Å². The van der Waals surface area contributed by atoms with Gasteiger partial charge in [-0.05, 0) is 0 Å². The summed E-state index contributed by atoms with van der Waals surface area (Å²) in [5, 5.41) is 0. The minimum absolute atomic E-state index is 0.318. The lowest BCUT2D eigenvalue weighted by molar-refractivity contribution is -0.135. The van der Waals surface area contributed by atoms with Crippen LogP contribution in [0.25, 0.3) is 0 Å². The van der Waals surface area contributed by atoms with E-state index < -0.39 is 228 Å². The van der Waals surface area contributed by atoms with Crippen molar-refractivity contribution >= 4 is 89.5 Å². The third kappa shape index (κ3) is 22.2. The second-order valence-corrected chi connectivity index (χ2v) is 20.0. The van der Waals surface area contributed by atoms with E-state index in [0.29, 0.717) is 0 Å². The van der Waals surface area contributed by atoms with Gasteiger partial charge < -0.3 is 94.7 Å². The van der Waals surface area contributed by atoms with E-state index >= 15 is 0 Å². The van der Waals surface area contributed by atoms with E-state index in [0.717, 1.165) is 171 Å². The lowest BCUT2D eigenvalue weighted by Gasteiger charge is -2.23. The van der Waals surface area contributed by atoms with Gasteiger partial charge in [-0.15, -0.1) is 0 Å². The molecular weight excluding hydrogens is 1350 g/mol. The smallest absolute Gasteiger partial charge is 0.308 e. The molecule has 0 saturated heterocycles. The lowest BCUT2D eigenvalue weighted by Crippen LogP contribution is -2.12. The van der Waals surface area contributed by atoms with Gasteiger partial charge in [0.15, 0.2) is 69.0 Å². The number of benzene rings is 6. The molecular formula is C66H56O35. The zero-order valence-corrected chi connectivity index (χ0v) is 55.6. The highest BCUT2D eigenvalue weighted by Gasteiger charge is 2.34. The standard InChI is InChI=1S/C66H56O35/c1-27(67)82-42-16-49(85-30(4)70)60(50(17-42)86-31(5)71)99-45-22-55(91-36(10)76)63(56(23-45)92-37(11)77)101-58-26-57(93-38(12)78)64(95-40(14)80)66(96-41(15)81)65(58)100-46-24-53(89-34(8)74)62(54(25-46)90-35(9)75)98-44-20-51(87-32(6)72)61(52(21-44)88-33(7)73)97-43-18-47(83-28(2)68)59(94-39(13)79)48(19-43)84-29(3)69/h16-26H,1-15H3. The Morgan fingerprint density at radius 2 is 0.317 bits per heavy atom. The minimum Gasteiger partial charge on any atom is -0.449 e. The molecule has 0 aliphatic carbocycles. The predicted molar refractivity (Wildman–Crippen MR) is 329 cm³/mol. The van der Waals surface area contributed by atoms with Gasteiger partial charge in [-0.3, -0.25) is 71.9 Å². The Balaban J connectivity index is 1.66. The summed E-state index contributed by atoms with van der Waals surface area (Å²) in [6, 6.07) is 10.0. The SMILES string of the molecule is CC(=O)Oc1cc(OC(C)=O)c(Oc2cc(OC(C)=O)c(Oc3cc(OC(C)=O)c(OC(C)=O)c(OC(C)=O)c3Oc3cc(OC(C)=O)c(Oc4cc(OC(C)=O)c(Oc5cc(OC(C)=O)c(OC(C)=O)c(OC(C)=O)c5)c(OC(C)=O)c4)c(OC(C)=O)c3)c(OC(C)=O)c2)c(OC(C)=O)c1. The quantitative estimate of drug-likeness (QED) is 0.0380. The van der Waals surface area contributed by atoms with Crippen molar-refractivity contribution in [3.63, 3.8) is 0 Å². The summed E-state index contributed by atoms with van der Waals surface area (Å²) >= 11 is 0. The summed E-state index contributed by atoms with van der Waals surface area (Å²) in [6.07, 6.45) is 0. The molecule has 0 fully saturated rings. The van der Waals surface area contributed by atoms with Crippen LogP contribution in [0.3, 0.4) is 0 Å². The molecule has 6 rings (SSSR count). The Kier molecular flexibility index (Phi) is 25.2. The van der Waals surface area contributed by atoms with E-state index in [9.17, 15) is 71.9 Å². The Bertz CT molecular complexity index is 4270. The third-order valence-electron chi connectivity index (χ3n) is 11.0. The molecule has 0 spiro atoms. The molecule has 35 heteroatoms. The Morgan fingerprint density at radius 3 is 0.545 bits per heavy atom. The fourth-order valence-corrected chi connectivity index (χ4v) is 8.22. The van der Waals surface area contributed by atoms with Gasteiger partial charge in [0, 0.05) is 171 Å². The molecule has 0 radical (unpaired) electrons. The summed E-state index contributed by atoms with van der Waals surface area (Å²) in [4.78, 5) is 190. The fraction of sp³-hybridized carbons (Fsp3) is 0.227. The molecule has 0 saturated carbocycles. The summed E-state index contributed by atoms with van der Waals surface area (Å²) in [6.45, 7) is 14.0. The first-order chi connectivity index (χ1) is 47.3. The van der Waals surface area contributed by atoms with Crippen molar-refractivity contribution in [3.8, 4) is 144 Å². The van der Waals surface area contributed by atoms with Crippen molar-refractivity contribution in [2.24, 2.45) is 0 Å². The van der Waals surface area contributed by atoms with Crippen molar-refractivity contribution in [2.45, 2.75) is 104 Å². The molecule has 101 heavy (non-hydrogen) atoms. The highest BCUT2D eigenvalue weighted by molar-refractivity contribution is 5.85. The lowest BCUT2D eigenvalue weighted by atomic mass is 10.2. The fourth-order valence-electron chi connectivity index (χ4n) is 8.22. The van der Waals surface area contributed by atoms with Crippen LogP contribution in [0.15, 0.2) is 66.7 Å². The average molecular weight is 1410 g/mol. The summed E-state index contributed by atoms with van der Waals surface area (Å²) in [5.74, 6) is -32.7. The van der Waals surface area contributed by atoms with E-state index in [4.69, 9.17) is 94.7 Å². The second kappa shape index (κ2) is 33.4. The largest absolute Gasteiger partial charge is 0.449 e. The van der Waals surface area contributed by atoms with Crippen LogP contribution in [-0.4, -0.2) is 89.5 Å². The number of carbonyl (C=O) groups is 15. The zero-order valence-electron chi connectivity index (χ0n) is 55.6. The molecule has 0 heterocycles. The third-order valence-corrected chi connectivity index (χ3v) is 11.0. The molecule has 0 aliphatic heterocycles. The van der Waals surface area contributed by atoms with E-state index in [2.05, 4.69) is 0 Å². The van der Waals surface area contributed by atoms with E-state index in [1.165, 1.54) is 0 Å². The topological polar surface area (TPSA) is 441 Å². The molecule has 6 aromatic carbocycles. The van der Waals surface area contributed by atoms with Crippen molar-refractivity contribution < 1.29 is 167 Å². The first kappa shape index (κ1) is 76.4. The van der Waals surface area contributed by atoms with Crippen LogP contribution in [0.1, 0.15) is 104 Å². The van der Waals surface area contributed by atoms with Crippen LogP contribution in [0.4, 0.5) is 0 Å². The van der Waals surface area contributed by atoms with E-state index in [1.807, 2.05) is 0 Å². The molecule has 6 aromatic rings. The number of rotatable bonds is 25. The Hall–Kier alpha value is -13.6. The molecule has 0 N–H and O–H groups in total. The zero-order chi connectivity index (χ0) is 75.0. The van der Waals surface area contributed by atoms with E-state index in [-0.39, 0.29) is 5.75 Å². The highest BCUT2D eigenvalue weighted by atomic mass is 16.6. The molecule has 0 unspecified atom stereocenters. The molecule has 0 aromatic heterocycles. The first-order valence-corrected chi connectivity index (χ1v) is 28.6. The van der Waals surface area contributed by atoms with Crippen molar-refractivity contribution in [3.05, 3.63) is 66.7 Å². The van der Waals surface area contributed by atoms with E-state index in [1.54, 1.807) is 0 Å². The van der Waals surface area contributed by atoms with Crippen LogP contribution in [-0.2, 0) is 71.9 Å². The number of hydrogen-bond donors (Lipinski definition) is 0. The maximum atomic E-state index is 13.2. The van der Waals surface area contributed by atoms with Crippen LogP contribution in [0, 0.1) is 0 Å². The normalized spacial score (nSPS) is 10.3. The molecule has 0 aliphatic rings. The number of hydrogen-bond acceptors (Lipinski definition) is 35.